The van der Waals surface area contributed by atoms with Crippen LogP contribution >= 0.6 is 27.5 Å². The fraction of sp³-hybridized carbons (Fsp3) is 0.300. The first kappa shape index (κ1) is 12.5. The van der Waals surface area contributed by atoms with Crippen molar-refractivity contribution in [3.05, 3.63) is 28.8 Å². The van der Waals surface area contributed by atoms with E-state index in [-0.39, 0.29) is 26.9 Å². The normalized spacial score (nSPS) is 12.3. The lowest BCUT2D eigenvalue weighted by Crippen LogP contribution is -2.12. The maximum atomic E-state index is 12.1. The minimum Gasteiger partial charge on any atom is -0.461 e. The molecule has 5 heteroatoms. The fourth-order valence-electron chi connectivity index (χ4n) is 1.12. The molecule has 15 heavy (non-hydrogen) atoms. The fourth-order valence-corrected chi connectivity index (χ4v) is 1.59. The van der Waals surface area contributed by atoms with E-state index in [0.29, 0.717) is 0 Å². The summed E-state index contributed by atoms with van der Waals surface area (Å²) in [5, 5.41) is 0.228. The molecular weight excluding hydrogens is 286 g/mol. The maximum absolute atomic E-state index is 12.1. The smallest absolute Gasteiger partial charge is 0.228 e. The zero-order valence-electron chi connectivity index (χ0n) is 7.97. The summed E-state index contributed by atoms with van der Waals surface area (Å²) < 4.78 is 16.8. The molecular formula is C10H9BrClFO2. The Morgan fingerprint density at radius 1 is 1.67 bits per heavy atom. The van der Waals surface area contributed by atoms with Crippen molar-refractivity contribution in [1.29, 1.82) is 0 Å². The highest BCUT2D eigenvalue weighted by Gasteiger charge is 2.18. The summed E-state index contributed by atoms with van der Waals surface area (Å²) in [5.74, 6) is -0.0982. The van der Waals surface area contributed by atoms with E-state index >= 15 is 0 Å². The Bertz CT molecular complexity index is 368. The van der Waals surface area contributed by atoms with Gasteiger partial charge in [0.2, 0.25) is 6.86 Å². The van der Waals surface area contributed by atoms with Crippen LogP contribution in [0.2, 0.25) is 5.02 Å². The van der Waals surface area contributed by atoms with Gasteiger partial charge in [0.05, 0.1) is 15.4 Å². The number of carbonyl (C=O) groups is 1. The molecule has 1 atom stereocenters. The molecule has 1 aromatic rings. The topological polar surface area (TPSA) is 26.3 Å². The number of rotatable bonds is 4. The Hall–Kier alpha value is -0.610. The third-order valence-electron chi connectivity index (χ3n) is 1.79. The Morgan fingerprint density at radius 2 is 2.33 bits per heavy atom. The summed E-state index contributed by atoms with van der Waals surface area (Å²) >= 11 is 8.94. The Balaban J connectivity index is 3.16. The van der Waals surface area contributed by atoms with E-state index in [1.54, 1.807) is 25.1 Å². The van der Waals surface area contributed by atoms with Gasteiger partial charge in [-0.25, -0.2) is 4.39 Å². The van der Waals surface area contributed by atoms with Crippen molar-refractivity contribution in [2.24, 2.45) is 0 Å². The van der Waals surface area contributed by atoms with E-state index in [4.69, 9.17) is 16.3 Å². The van der Waals surface area contributed by atoms with Crippen LogP contribution in [0.1, 0.15) is 17.3 Å². The number of hydrogen-bond acceptors (Lipinski definition) is 2. The third kappa shape index (κ3) is 2.92. The van der Waals surface area contributed by atoms with Crippen molar-refractivity contribution in [2.45, 2.75) is 11.8 Å². The summed E-state index contributed by atoms with van der Waals surface area (Å²) in [7, 11) is 0. The highest BCUT2D eigenvalue weighted by Crippen LogP contribution is 2.30. The number of benzene rings is 1. The molecule has 0 heterocycles. The first-order chi connectivity index (χ1) is 7.07. The van der Waals surface area contributed by atoms with Gasteiger partial charge < -0.3 is 4.74 Å². The standard InChI is InChI=1S/C10H9BrClFO2/c1-6(11)9(14)7-3-2-4-8(12)10(7)15-5-13/h2-4,6H,5H2,1H3. The van der Waals surface area contributed by atoms with Crippen molar-refractivity contribution in [3.8, 4) is 5.75 Å². The number of para-hydroxylation sites is 1. The molecule has 1 aromatic carbocycles. The lowest BCUT2D eigenvalue weighted by atomic mass is 10.1. The lowest BCUT2D eigenvalue weighted by molar-refractivity contribution is 0.0988. The van der Waals surface area contributed by atoms with Crippen LogP contribution in [0.3, 0.4) is 0 Å². The van der Waals surface area contributed by atoms with Crippen molar-refractivity contribution in [3.63, 3.8) is 0 Å². The van der Waals surface area contributed by atoms with Crippen molar-refractivity contribution < 1.29 is 13.9 Å². The quantitative estimate of drug-likeness (QED) is 0.626. The third-order valence-corrected chi connectivity index (χ3v) is 2.51. The van der Waals surface area contributed by atoms with E-state index in [2.05, 4.69) is 15.9 Å². The minimum absolute atomic E-state index is 0.0953. The van der Waals surface area contributed by atoms with Gasteiger partial charge in [0.15, 0.2) is 11.5 Å². The molecule has 0 saturated carbocycles. The van der Waals surface area contributed by atoms with Gasteiger partial charge in [-0.15, -0.1) is 0 Å². The molecule has 0 saturated heterocycles. The Kier molecular flexibility index (Phi) is 4.54. The minimum atomic E-state index is -1.01. The van der Waals surface area contributed by atoms with Gasteiger partial charge in [0, 0.05) is 0 Å². The van der Waals surface area contributed by atoms with Crippen molar-refractivity contribution in [1.82, 2.24) is 0 Å². The van der Waals surface area contributed by atoms with E-state index in [1.165, 1.54) is 0 Å². The molecule has 0 amide bonds. The zero-order chi connectivity index (χ0) is 11.4. The van der Waals surface area contributed by atoms with Crippen LogP contribution in [0.5, 0.6) is 5.75 Å². The van der Waals surface area contributed by atoms with Gasteiger partial charge >= 0.3 is 0 Å². The second-order valence-electron chi connectivity index (χ2n) is 2.85. The van der Waals surface area contributed by atoms with Crippen molar-refractivity contribution >= 4 is 33.3 Å². The monoisotopic (exact) mass is 294 g/mol. The Morgan fingerprint density at radius 3 is 2.87 bits per heavy atom. The number of ketones is 1. The van der Waals surface area contributed by atoms with Crippen LogP contribution in [0.4, 0.5) is 4.39 Å². The zero-order valence-corrected chi connectivity index (χ0v) is 10.3. The number of halogens is 3. The summed E-state index contributed by atoms with van der Waals surface area (Å²) in [5.41, 5.74) is 0.282. The largest absolute Gasteiger partial charge is 0.461 e. The van der Waals surface area contributed by atoms with Gasteiger partial charge in [-0.1, -0.05) is 33.6 Å². The highest BCUT2D eigenvalue weighted by molar-refractivity contribution is 9.10. The molecule has 0 bridgehead atoms. The summed E-state index contributed by atoms with van der Waals surface area (Å²) in [6.45, 7) is 0.670. The molecule has 0 aliphatic carbocycles. The number of hydrogen-bond donors (Lipinski definition) is 0. The first-order valence-corrected chi connectivity index (χ1v) is 5.53. The molecule has 2 nitrogen and oxygen atoms in total. The SMILES string of the molecule is CC(Br)C(=O)c1cccc(Cl)c1OCF. The predicted octanol–water partition coefficient (Wildman–Crippen LogP) is 3.61. The van der Waals surface area contributed by atoms with E-state index in [9.17, 15) is 9.18 Å². The second kappa shape index (κ2) is 5.47. The van der Waals surface area contributed by atoms with Crippen LogP contribution in [-0.4, -0.2) is 17.5 Å². The number of alkyl halides is 2. The van der Waals surface area contributed by atoms with Crippen LogP contribution in [0, 0.1) is 0 Å². The van der Waals surface area contributed by atoms with E-state index < -0.39 is 6.86 Å². The van der Waals surface area contributed by atoms with E-state index in [1.807, 2.05) is 0 Å². The number of carbonyl (C=O) groups excluding carboxylic acids is 1. The van der Waals surface area contributed by atoms with Crippen LogP contribution in [-0.2, 0) is 0 Å². The summed E-state index contributed by atoms with van der Waals surface area (Å²) in [4.78, 5) is 11.3. The molecule has 0 radical (unpaired) electrons. The summed E-state index contributed by atoms with van der Waals surface area (Å²) in [6, 6.07) is 4.72. The van der Waals surface area contributed by atoms with Gasteiger partial charge in [-0.3, -0.25) is 4.79 Å². The van der Waals surface area contributed by atoms with Gasteiger partial charge in [-0.05, 0) is 19.1 Å². The molecule has 1 unspecified atom stereocenters. The van der Waals surface area contributed by atoms with Gasteiger partial charge in [-0.2, -0.15) is 0 Å². The molecule has 0 aromatic heterocycles. The van der Waals surface area contributed by atoms with Gasteiger partial charge in [0.1, 0.15) is 0 Å². The average Bonchev–Trinajstić information content (AvgIpc) is 2.20. The Labute approximate surface area is 101 Å². The van der Waals surface area contributed by atoms with Crippen LogP contribution in [0.15, 0.2) is 18.2 Å². The summed E-state index contributed by atoms with van der Waals surface area (Å²) in [6.07, 6.45) is 0. The molecule has 0 fully saturated rings. The molecule has 0 aliphatic heterocycles. The van der Waals surface area contributed by atoms with E-state index in [0.717, 1.165) is 0 Å². The number of Topliss-reactive ketones (excluding diaryl/α,β-unsaturated/α-hetero) is 1. The first-order valence-electron chi connectivity index (χ1n) is 4.23. The molecule has 82 valence electrons. The lowest BCUT2D eigenvalue weighted by Gasteiger charge is -2.10. The van der Waals surface area contributed by atoms with Gasteiger partial charge in [0.25, 0.3) is 0 Å². The van der Waals surface area contributed by atoms with Crippen LogP contribution < -0.4 is 4.74 Å². The average molecular weight is 296 g/mol. The highest BCUT2D eigenvalue weighted by atomic mass is 79.9. The molecule has 0 N–H and O–H groups in total. The number of ether oxygens (including phenoxy) is 1. The van der Waals surface area contributed by atoms with Crippen molar-refractivity contribution in [2.75, 3.05) is 6.86 Å². The van der Waals surface area contributed by atoms with Crippen LogP contribution in [0.25, 0.3) is 0 Å². The molecule has 0 aliphatic rings. The predicted molar refractivity (Wildman–Crippen MR) is 60.8 cm³/mol. The molecule has 1 rings (SSSR count). The second-order valence-corrected chi connectivity index (χ2v) is 4.63. The molecule has 0 spiro atoms. The maximum Gasteiger partial charge on any atom is 0.228 e.